The second-order valence-electron chi connectivity index (χ2n) is 5.80. The fourth-order valence-electron chi connectivity index (χ4n) is 2.55. The maximum absolute atomic E-state index is 12.6. The maximum Gasteiger partial charge on any atom is 0.387 e. The van der Waals surface area contributed by atoms with Gasteiger partial charge in [0.05, 0.1) is 14.2 Å². The zero-order valence-corrected chi connectivity index (χ0v) is 16.2. The van der Waals surface area contributed by atoms with Crippen molar-refractivity contribution in [1.82, 2.24) is 10.6 Å². The number of methoxy groups -OCH3 is 2. The maximum atomic E-state index is 12.6. The Bertz CT molecular complexity index is 768. The van der Waals surface area contributed by atoms with Gasteiger partial charge in [0.15, 0.2) is 5.96 Å². The van der Waals surface area contributed by atoms with Gasteiger partial charge in [-0.1, -0.05) is 12.1 Å². The first-order valence-electron chi connectivity index (χ1n) is 8.75. The number of alkyl halides is 2. The Kier molecular flexibility index (Phi) is 8.33. The highest BCUT2D eigenvalue weighted by Gasteiger charge is 2.11. The Hall–Kier alpha value is -3.03. The number of guanidine groups is 1. The summed E-state index contributed by atoms with van der Waals surface area (Å²) in [5.41, 5.74) is 1.70. The smallest absolute Gasteiger partial charge is 0.387 e. The van der Waals surface area contributed by atoms with E-state index in [9.17, 15) is 8.78 Å². The van der Waals surface area contributed by atoms with E-state index in [-0.39, 0.29) is 12.3 Å². The highest BCUT2D eigenvalue weighted by atomic mass is 19.3. The standard InChI is InChI=1S/C20H25F2N3O3/c1-23-20(24-11-10-14-4-6-16(26-2)7-5-14)25-13-15-12-17(27-3)8-9-18(15)28-19(21)22/h4-9,12,19H,10-11,13H2,1-3H3,(H2,23,24,25). The van der Waals surface area contributed by atoms with Crippen LogP contribution in [-0.4, -0.2) is 40.4 Å². The van der Waals surface area contributed by atoms with Crippen molar-refractivity contribution >= 4 is 5.96 Å². The number of aliphatic imine (C=N–C) groups is 1. The van der Waals surface area contributed by atoms with Gasteiger partial charge in [0.1, 0.15) is 17.2 Å². The number of benzene rings is 2. The second kappa shape index (κ2) is 11.0. The van der Waals surface area contributed by atoms with Crippen LogP contribution in [0, 0.1) is 0 Å². The fraction of sp³-hybridized carbons (Fsp3) is 0.350. The van der Waals surface area contributed by atoms with Crippen LogP contribution in [0.25, 0.3) is 0 Å². The number of halogens is 2. The molecule has 6 nitrogen and oxygen atoms in total. The molecule has 0 unspecified atom stereocenters. The number of rotatable bonds is 9. The van der Waals surface area contributed by atoms with E-state index in [1.54, 1.807) is 26.3 Å². The van der Waals surface area contributed by atoms with Crippen LogP contribution in [0.4, 0.5) is 8.78 Å². The molecule has 0 atom stereocenters. The zero-order chi connectivity index (χ0) is 20.4. The van der Waals surface area contributed by atoms with Gasteiger partial charge in [0.25, 0.3) is 0 Å². The van der Waals surface area contributed by atoms with Crippen molar-refractivity contribution in [3.63, 3.8) is 0 Å². The van der Waals surface area contributed by atoms with Gasteiger partial charge in [-0.05, 0) is 42.3 Å². The van der Waals surface area contributed by atoms with Crippen molar-refractivity contribution in [2.45, 2.75) is 19.6 Å². The van der Waals surface area contributed by atoms with Crippen molar-refractivity contribution in [2.75, 3.05) is 27.8 Å². The number of nitrogens with one attached hydrogen (secondary N) is 2. The summed E-state index contributed by atoms with van der Waals surface area (Å²) in [6, 6.07) is 12.5. The molecule has 0 aliphatic rings. The van der Waals surface area contributed by atoms with Crippen LogP contribution in [0.5, 0.6) is 17.2 Å². The van der Waals surface area contributed by atoms with Gasteiger partial charge in [-0.15, -0.1) is 0 Å². The average molecular weight is 393 g/mol. The predicted molar refractivity (Wildman–Crippen MR) is 105 cm³/mol. The number of hydrogen-bond acceptors (Lipinski definition) is 4. The summed E-state index contributed by atoms with van der Waals surface area (Å²) >= 11 is 0. The van der Waals surface area contributed by atoms with Crippen molar-refractivity contribution in [2.24, 2.45) is 4.99 Å². The van der Waals surface area contributed by atoms with E-state index in [0.29, 0.717) is 23.8 Å². The molecule has 2 rings (SSSR count). The van der Waals surface area contributed by atoms with Crippen LogP contribution in [0.3, 0.4) is 0 Å². The van der Waals surface area contributed by atoms with Crippen LogP contribution in [0.15, 0.2) is 47.5 Å². The Morgan fingerprint density at radius 3 is 2.29 bits per heavy atom. The lowest BCUT2D eigenvalue weighted by Gasteiger charge is -2.15. The third kappa shape index (κ3) is 6.61. The average Bonchev–Trinajstić information content (AvgIpc) is 2.71. The molecule has 0 aromatic heterocycles. The van der Waals surface area contributed by atoms with Crippen molar-refractivity contribution < 1.29 is 23.0 Å². The zero-order valence-electron chi connectivity index (χ0n) is 16.2. The van der Waals surface area contributed by atoms with Crippen LogP contribution < -0.4 is 24.8 Å². The summed E-state index contributed by atoms with van der Waals surface area (Å²) in [6.45, 7) is -1.99. The van der Waals surface area contributed by atoms with E-state index in [4.69, 9.17) is 9.47 Å². The molecule has 2 aromatic carbocycles. The molecular weight excluding hydrogens is 368 g/mol. The van der Waals surface area contributed by atoms with Gasteiger partial charge in [-0.3, -0.25) is 4.99 Å². The van der Waals surface area contributed by atoms with Crippen LogP contribution in [0.2, 0.25) is 0 Å². The molecule has 2 N–H and O–H groups in total. The van der Waals surface area contributed by atoms with E-state index < -0.39 is 6.61 Å². The summed E-state index contributed by atoms with van der Waals surface area (Å²) in [5.74, 6) is 2.02. The highest BCUT2D eigenvalue weighted by molar-refractivity contribution is 5.79. The molecule has 0 bridgehead atoms. The Morgan fingerprint density at radius 2 is 1.68 bits per heavy atom. The molecule has 0 spiro atoms. The minimum Gasteiger partial charge on any atom is -0.497 e. The molecular formula is C20H25F2N3O3. The molecule has 152 valence electrons. The molecule has 0 fully saturated rings. The molecule has 0 heterocycles. The lowest BCUT2D eigenvalue weighted by atomic mass is 10.1. The molecule has 0 saturated heterocycles. The van der Waals surface area contributed by atoms with Gasteiger partial charge in [-0.25, -0.2) is 0 Å². The molecule has 0 aliphatic carbocycles. The first-order valence-corrected chi connectivity index (χ1v) is 8.75. The molecule has 0 radical (unpaired) electrons. The van der Waals surface area contributed by atoms with E-state index in [1.807, 2.05) is 24.3 Å². The number of ether oxygens (including phenoxy) is 3. The largest absolute Gasteiger partial charge is 0.497 e. The SMILES string of the molecule is CN=C(NCCc1ccc(OC)cc1)NCc1cc(OC)ccc1OC(F)F. The predicted octanol–water partition coefficient (Wildman–Crippen LogP) is 3.21. The molecule has 2 aromatic rings. The lowest BCUT2D eigenvalue weighted by Crippen LogP contribution is -2.38. The number of hydrogen-bond donors (Lipinski definition) is 2. The van der Waals surface area contributed by atoms with Gasteiger partial charge in [0.2, 0.25) is 0 Å². The fourth-order valence-corrected chi connectivity index (χ4v) is 2.55. The quantitative estimate of drug-likeness (QED) is 0.506. The van der Waals surface area contributed by atoms with Crippen LogP contribution in [0.1, 0.15) is 11.1 Å². The Balaban J connectivity index is 1.90. The van der Waals surface area contributed by atoms with Gasteiger partial charge in [0, 0.05) is 25.7 Å². The first kappa shape index (κ1) is 21.3. The topological polar surface area (TPSA) is 64.1 Å². The minimum atomic E-state index is -2.89. The van der Waals surface area contributed by atoms with Crippen molar-refractivity contribution in [3.8, 4) is 17.2 Å². The lowest BCUT2D eigenvalue weighted by molar-refractivity contribution is -0.0504. The van der Waals surface area contributed by atoms with Gasteiger partial charge < -0.3 is 24.8 Å². The minimum absolute atomic E-state index is 0.0944. The normalized spacial score (nSPS) is 11.3. The third-order valence-corrected chi connectivity index (χ3v) is 4.02. The summed E-state index contributed by atoms with van der Waals surface area (Å²) in [5, 5.41) is 6.29. The molecule has 0 aliphatic heterocycles. The molecule has 0 amide bonds. The Labute approximate surface area is 163 Å². The Morgan fingerprint density at radius 1 is 1.00 bits per heavy atom. The highest BCUT2D eigenvalue weighted by Crippen LogP contribution is 2.25. The first-order chi connectivity index (χ1) is 13.5. The van der Waals surface area contributed by atoms with E-state index in [1.165, 1.54) is 13.2 Å². The molecule has 28 heavy (non-hydrogen) atoms. The van der Waals surface area contributed by atoms with Crippen molar-refractivity contribution in [1.29, 1.82) is 0 Å². The van der Waals surface area contributed by atoms with Crippen LogP contribution >= 0.6 is 0 Å². The van der Waals surface area contributed by atoms with E-state index >= 15 is 0 Å². The molecule has 8 heteroatoms. The van der Waals surface area contributed by atoms with E-state index in [2.05, 4.69) is 20.4 Å². The van der Waals surface area contributed by atoms with Gasteiger partial charge in [-0.2, -0.15) is 8.78 Å². The van der Waals surface area contributed by atoms with E-state index in [0.717, 1.165) is 17.7 Å². The number of nitrogens with zero attached hydrogens (tertiary/aromatic N) is 1. The molecule has 0 saturated carbocycles. The monoisotopic (exact) mass is 393 g/mol. The summed E-state index contributed by atoms with van der Waals surface area (Å²) in [6.07, 6.45) is 0.795. The third-order valence-electron chi connectivity index (χ3n) is 4.02. The second-order valence-corrected chi connectivity index (χ2v) is 5.80. The van der Waals surface area contributed by atoms with Crippen LogP contribution in [-0.2, 0) is 13.0 Å². The summed E-state index contributed by atoms with van der Waals surface area (Å²) in [4.78, 5) is 4.15. The van der Waals surface area contributed by atoms with Gasteiger partial charge >= 0.3 is 6.61 Å². The van der Waals surface area contributed by atoms with Crippen molar-refractivity contribution in [3.05, 3.63) is 53.6 Å². The summed E-state index contributed by atoms with van der Waals surface area (Å²) in [7, 11) is 4.79. The summed E-state index contributed by atoms with van der Waals surface area (Å²) < 4.78 is 40.1.